The van der Waals surface area contributed by atoms with Crippen LogP contribution in [0.25, 0.3) is 11.4 Å². The van der Waals surface area contributed by atoms with E-state index in [1.54, 1.807) is 11.3 Å². The average molecular weight is 348 g/mol. The number of halogens is 1. The summed E-state index contributed by atoms with van der Waals surface area (Å²) in [7, 11) is 0. The zero-order valence-electron chi connectivity index (χ0n) is 12.6. The van der Waals surface area contributed by atoms with Gasteiger partial charge in [-0.2, -0.15) is 16.1 Å². The van der Waals surface area contributed by atoms with Crippen LogP contribution in [-0.2, 0) is 11.3 Å². The van der Waals surface area contributed by atoms with Crippen LogP contribution in [0.1, 0.15) is 11.1 Å². The topological polar surface area (TPSA) is 72.7 Å². The van der Waals surface area contributed by atoms with E-state index < -0.39 is 0 Å². The highest BCUT2D eigenvalue weighted by molar-refractivity contribution is 7.08. The smallest absolute Gasteiger partial charge is 0.248 e. The molecule has 0 bridgehead atoms. The second-order valence-corrected chi connectivity index (χ2v) is 6.33. The van der Waals surface area contributed by atoms with Gasteiger partial charge in [0.1, 0.15) is 6.54 Å². The number of aromatic nitrogens is 4. The summed E-state index contributed by atoms with van der Waals surface area (Å²) in [5.41, 5.74) is 3.46. The Morgan fingerprint density at radius 1 is 1.39 bits per heavy atom. The summed E-state index contributed by atoms with van der Waals surface area (Å²) in [5, 5.41) is 19.2. The summed E-state index contributed by atoms with van der Waals surface area (Å²) < 4.78 is 0. The number of aryl methyl sites for hydroxylation is 2. The van der Waals surface area contributed by atoms with Crippen LogP contribution in [-0.4, -0.2) is 26.1 Å². The lowest BCUT2D eigenvalue weighted by Gasteiger charge is -2.11. The van der Waals surface area contributed by atoms with Gasteiger partial charge in [-0.15, -0.1) is 10.2 Å². The summed E-state index contributed by atoms with van der Waals surface area (Å²) in [6, 6.07) is 5.68. The second kappa shape index (κ2) is 6.47. The fraction of sp³-hybridized carbons (Fsp3) is 0.200. The molecule has 3 aromatic rings. The van der Waals surface area contributed by atoms with Gasteiger partial charge in [0.15, 0.2) is 0 Å². The maximum atomic E-state index is 12.2. The number of hydrogen-bond donors (Lipinski definition) is 1. The van der Waals surface area contributed by atoms with Crippen LogP contribution in [0, 0.1) is 13.8 Å². The van der Waals surface area contributed by atoms with E-state index in [0.29, 0.717) is 16.5 Å². The van der Waals surface area contributed by atoms with Crippen molar-refractivity contribution >= 4 is 34.5 Å². The number of benzene rings is 1. The third-order valence-corrected chi connectivity index (χ3v) is 4.19. The van der Waals surface area contributed by atoms with Gasteiger partial charge < -0.3 is 5.32 Å². The Morgan fingerprint density at radius 2 is 2.22 bits per heavy atom. The van der Waals surface area contributed by atoms with Gasteiger partial charge in [-0.05, 0) is 47.7 Å². The Bertz CT molecular complexity index is 820. The number of tetrazole rings is 1. The largest absolute Gasteiger partial charge is 0.323 e. The molecular formula is C15H14ClN5OS. The first-order chi connectivity index (χ1) is 11.0. The average Bonchev–Trinajstić information content (AvgIpc) is 3.13. The molecule has 0 atom stereocenters. The number of hydrogen-bond acceptors (Lipinski definition) is 5. The summed E-state index contributed by atoms with van der Waals surface area (Å²) >= 11 is 7.74. The van der Waals surface area contributed by atoms with Crippen LogP contribution in [0.3, 0.4) is 0 Å². The van der Waals surface area contributed by atoms with Gasteiger partial charge in [0.05, 0.1) is 10.7 Å². The minimum atomic E-state index is -0.256. The molecule has 2 aromatic heterocycles. The van der Waals surface area contributed by atoms with Gasteiger partial charge in [0, 0.05) is 10.9 Å². The molecule has 0 aliphatic rings. The summed E-state index contributed by atoms with van der Waals surface area (Å²) in [6.45, 7) is 3.83. The Labute approximate surface area is 142 Å². The molecule has 0 aliphatic heterocycles. The molecule has 8 heteroatoms. The Kier molecular flexibility index (Phi) is 4.40. The fourth-order valence-electron chi connectivity index (χ4n) is 2.20. The molecule has 0 aliphatic carbocycles. The minimum absolute atomic E-state index is 0.0270. The Balaban J connectivity index is 1.71. The van der Waals surface area contributed by atoms with E-state index in [0.717, 1.165) is 16.7 Å². The lowest BCUT2D eigenvalue weighted by atomic mass is 10.1. The van der Waals surface area contributed by atoms with Crippen molar-refractivity contribution in [3.8, 4) is 11.4 Å². The first-order valence-corrected chi connectivity index (χ1v) is 8.22. The number of thiophene rings is 1. The number of anilines is 1. The van der Waals surface area contributed by atoms with Crippen molar-refractivity contribution in [2.45, 2.75) is 20.4 Å². The van der Waals surface area contributed by atoms with Crippen molar-refractivity contribution in [3.63, 3.8) is 0 Å². The third-order valence-electron chi connectivity index (χ3n) is 3.21. The molecule has 0 unspecified atom stereocenters. The van der Waals surface area contributed by atoms with Gasteiger partial charge in [0.25, 0.3) is 0 Å². The van der Waals surface area contributed by atoms with Crippen LogP contribution in [0.5, 0.6) is 0 Å². The van der Waals surface area contributed by atoms with Crippen molar-refractivity contribution in [2.75, 3.05) is 5.32 Å². The van der Waals surface area contributed by atoms with E-state index in [2.05, 4.69) is 20.7 Å². The predicted molar refractivity (Wildman–Crippen MR) is 90.7 cm³/mol. The molecule has 1 aromatic carbocycles. The van der Waals surface area contributed by atoms with E-state index in [9.17, 15) is 4.79 Å². The number of carbonyl (C=O) groups excluding carboxylic acids is 1. The SMILES string of the molecule is Cc1cc(C)c(NC(=O)Cn2nnc(-c3ccsc3)n2)c(Cl)c1. The molecule has 0 fully saturated rings. The van der Waals surface area contributed by atoms with Crippen LogP contribution in [0.2, 0.25) is 5.02 Å². The molecular weight excluding hydrogens is 334 g/mol. The van der Waals surface area contributed by atoms with E-state index in [1.807, 2.05) is 42.8 Å². The van der Waals surface area contributed by atoms with E-state index in [-0.39, 0.29) is 12.5 Å². The zero-order chi connectivity index (χ0) is 16.4. The van der Waals surface area contributed by atoms with Crippen LogP contribution in [0.15, 0.2) is 29.0 Å². The third kappa shape index (κ3) is 3.57. The van der Waals surface area contributed by atoms with Crippen molar-refractivity contribution in [3.05, 3.63) is 45.1 Å². The number of amides is 1. The van der Waals surface area contributed by atoms with Crippen LogP contribution in [0.4, 0.5) is 5.69 Å². The van der Waals surface area contributed by atoms with Crippen molar-refractivity contribution < 1.29 is 4.79 Å². The lowest BCUT2D eigenvalue weighted by Crippen LogP contribution is -2.21. The Hall–Kier alpha value is -2.25. The molecule has 1 amide bonds. The minimum Gasteiger partial charge on any atom is -0.323 e. The highest BCUT2D eigenvalue weighted by Crippen LogP contribution is 2.27. The highest BCUT2D eigenvalue weighted by atomic mass is 35.5. The van der Waals surface area contributed by atoms with E-state index >= 15 is 0 Å². The fourth-order valence-corrected chi connectivity index (χ4v) is 3.20. The molecule has 0 spiro atoms. The van der Waals surface area contributed by atoms with Gasteiger partial charge in [-0.1, -0.05) is 17.7 Å². The van der Waals surface area contributed by atoms with Crippen molar-refractivity contribution in [1.29, 1.82) is 0 Å². The first kappa shape index (κ1) is 15.6. The molecule has 23 heavy (non-hydrogen) atoms. The summed E-state index contributed by atoms with van der Waals surface area (Å²) in [6.07, 6.45) is 0. The molecule has 118 valence electrons. The van der Waals surface area contributed by atoms with E-state index in [1.165, 1.54) is 4.80 Å². The van der Waals surface area contributed by atoms with Gasteiger partial charge in [0.2, 0.25) is 11.7 Å². The molecule has 1 N–H and O–H groups in total. The molecule has 0 saturated heterocycles. The molecule has 2 heterocycles. The second-order valence-electron chi connectivity index (χ2n) is 5.14. The Morgan fingerprint density at radius 3 is 2.91 bits per heavy atom. The quantitative estimate of drug-likeness (QED) is 0.785. The molecule has 3 rings (SSSR count). The number of rotatable bonds is 4. The first-order valence-electron chi connectivity index (χ1n) is 6.90. The predicted octanol–water partition coefficient (Wildman–Crippen LogP) is 3.31. The summed E-state index contributed by atoms with van der Waals surface area (Å²) in [4.78, 5) is 13.4. The zero-order valence-corrected chi connectivity index (χ0v) is 14.1. The maximum absolute atomic E-state index is 12.2. The van der Waals surface area contributed by atoms with Gasteiger partial charge >= 0.3 is 0 Å². The van der Waals surface area contributed by atoms with E-state index in [4.69, 9.17) is 11.6 Å². The molecule has 0 saturated carbocycles. The molecule has 0 radical (unpaired) electrons. The van der Waals surface area contributed by atoms with Crippen molar-refractivity contribution in [1.82, 2.24) is 20.2 Å². The number of nitrogens with one attached hydrogen (secondary N) is 1. The van der Waals surface area contributed by atoms with Gasteiger partial charge in [-0.25, -0.2) is 0 Å². The highest BCUT2D eigenvalue weighted by Gasteiger charge is 2.12. The number of nitrogens with zero attached hydrogens (tertiary/aromatic N) is 4. The number of carbonyl (C=O) groups is 1. The van der Waals surface area contributed by atoms with Gasteiger partial charge in [-0.3, -0.25) is 4.79 Å². The monoisotopic (exact) mass is 347 g/mol. The lowest BCUT2D eigenvalue weighted by molar-refractivity contribution is -0.117. The van der Waals surface area contributed by atoms with Crippen molar-refractivity contribution in [2.24, 2.45) is 0 Å². The maximum Gasteiger partial charge on any atom is 0.248 e. The summed E-state index contributed by atoms with van der Waals surface area (Å²) in [5.74, 6) is 0.247. The van der Waals surface area contributed by atoms with Crippen LogP contribution < -0.4 is 5.32 Å². The normalized spacial score (nSPS) is 10.7. The van der Waals surface area contributed by atoms with Crippen LogP contribution >= 0.6 is 22.9 Å². The molecule has 6 nitrogen and oxygen atoms in total. The standard InChI is InChI=1S/C15H14ClN5OS/c1-9-5-10(2)14(12(16)6-9)17-13(22)7-21-19-15(18-20-21)11-3-4-23-8-11/h3-6,8H,7H2,1-2H3,(H,17,22).